The number of aromatic nitrogens is 3. The van der Waals surface area contributed by atoms with Crippen molar-refractivity contribution in [3.8, 4) is 5.88 Å². The van der Waals surface area contributed by atoms with E-state index < -0.39 is 0 Å². The van der Waals surface area contributed by atoms with E-state index in [9.17, 15) is 0 Å². The van der Waals surface area contributed by atoms with Gasteiger partial charge in [0, 0.05) is 63.0 Å². The first-order chi connectivity index (χ1) is 17.2. The molecule has 0 unspecified atom stereocenters. The molecule has 0 saturated carbocycles. The van der Waals surface area contributed by atoms with Crippen LogP contribution in [0.4, 0.5) is 11.7 Å². The van der Waals surface area contributed by atoms with Crippen molar-refractivity contribution in [2.24, 2.45) is 5.92 Å². The van der Waals surface area contributed by atoms with Crippen LogP contribution in [0.15, 0.2) is 57.7 Å². The number of para-hydroxylation sites is 1. The van der Waals surface area contributed by atoms with Crippen molar-refractivity contribution in [2.75, 3.05) is 43.0 Å². The molecule has 2 saturated heterocycles. The van der Waals surface area contributed by atoms with E-state index in [1.54, 1.807) is 0 Å². The smallest absolute Gasteiger partial charge is 0.225 e. The van der Waals surface area contributed by atoms with Crippen LogP contribution >= 0.6 is 0 Å². The summed E-state index contributed by atoms with van der Waals surface area (Å²) >= 11 is 0. The van der Waals surface area contributed by atoms with Gasteiger partial charge in [-0.25, -0.2) is 4.98 Å². The van der Waals surface area contributed by atoms with Crippen LogP contribution in [0.25, 0.3) is 11.0 Å². The lowest BCUT2D eigenvalue weighted by Gasteiger charge is -2.46. The van der Waals surface area contributed by atoms with Gasteiger partial charge in [-0.15, -0.1) is 0 Å². The van der Waals surface area contributed by atoms with Gasteiger partial charge in [0.2, 0.25) is 11.8 Å². The molecule has 9 nitrogen and oxygen atoms in total. The Bertz CT molecular complexity index is 1270. The van der Waals surface area contributed by atoms with E-state index in [0.717, 1.165) is 60.6 Å². The van der Waals surface area contributed by atoms with E-state index in [1.165, 1.54) is 6.42 Å². The molecule has 0 radical (unpaired) electrons. The van der Waals surface area contributed by atoms with Crippen molar-refractivity contribution >= 4 is 22.7 Å². The van der Waals surface area contributed by atoms with Crippen molar-refractivity contribution in [3.05, 3.63) is 59.9 Å². The highest BCUT2D eigenvalue weighted by Gasteiger charge is 2.34. The Labute approximate surface area is 204 Å². The number of nitrogens with zero attached hydrogens (tertiary/aromatic N) is 5. The summed E-state index contributed by atoms with van der Waals surface area (Å²) in [5.74, 6) is 2.83. The maximum Gasteiger partial charge on any atom is 0.225 e. The number of anilines is 2. The highest BCUT2D eigenvalue weighted by molar-refractivity contribution is 5.88. The van der Waals surface area contributed by atoms with Gasteiger partial charge >= 0.3 is 0 Å². The molecule has 0 amide bonds. The van der Waals surface area contributed by atoms with Crippen LogP contribution in [0.5, 0.6) is 5.88 Å². The molecule has 2 fully saturated rings. The van der Waals surface area contributed by atoms with Crippen molar-refractivity contribution < 1.29 is 13.8 Å². The van der Waals surface area contributed by atoms with Crippen LogP contribution in [0.3, 0.4) is 0 Å². The van der Waals surface area contributed by atoms with Crippen LogP contribution in [0.2, 0.25) is 0 Å². The van der Waals surface area contributed by atoms with Crippen LogP contribution in [-0.4, -0.2) is 59.0 Å². The quantitative estimate of drug-likeness (QED) is 0.425. The SMILES string of the molecule is Cc1cc(NCc2ccc(OC[C@@H]3CC[C@H]4CN(c5noc6ccccc56)CCN4C3)nc2)on1. The monoisotopic (exact) mass is 474 g/mol. The van der Waals surface area contributed by atoms with Crippen LogP contribution in [0.1, 0.15) is 24.1 Å². The van der Waals surface area contributed by atoms with Crippen LogP contribution in [0, 0.1) is 12.8 Å². The standard InChI is InChI=1S/C26H30N6O3/c1-18-12-25(35-29-18)28-14-19-7-9-24(27-13-19)33-17-20-6-8-21-16-32(11-10-31(21)15-20)26-22-4-2-3-5-23(22)34-30-26/h2-5,7,9,12-13,20-21,28H,6,8,10-11,14-17H2,1H3/t20-,21+/m1/s1. The third-order valence-electron chi connectivity index (χ3n) is 7.02. The van der Waals surface area contributed by atoms with Crippen LogP contribution in [-0.2, 0) is 6.54 Å². The van der Waals surface area contributed by atoms with Gasteiger partial charge in [-0.3, -0.25) is 4.90 Å². The Morgan fingerprint density at radius 2 is 2.00 bits per heavy atom. The number of aryl methyl sites for hydroxylation is 1. The first kappa shape index (κ1) is 21.9. The van der Waals surface area contributed by atoms with E-state index in [4.69, 9.17) is 13.8 Å². The van der Waals surface area contributed by atoms with Crippen LogP contribution < -0.4 is 15.0 Å². The molecule has 6 rings (SSSR count). The molecule has 182 valence electrons. The fourth-order valence-electron chi connectivity index (χ4n) is 5.13. The summed E-state index contributed by atoms with van der Waals surface area (Å²) in [7, 11) is 0. The van der Waals surface area contributed by atoms with Gasteiger partial charge in [0.25, 0.3) is 0 Å². The molecule has 2 aliphatic rings. The lowest BCUT2D eigenvalue weighted by molar-refractivity contribution is 0.0717. The second-order valence-corrected chi connectivity index (χ2v) is 9.54. The van der Waals surface area contributed by atoms with Gasteiger partial charge in [0.15, 0.2) is 11.4 Å². The predicted molar refractivity (Wildman–Crippen MR) is 133 cm³/mol. The minimum Gasteiger partial charge on any atom is -0.477 e. The summed E-state index contributed by atoms with van der Waals surface area (Å²) in [6.45, 7) is 7.28. The number of piperidine rings is 1. The second-order valence-electron chi connectivity index (χ2n) is 9.54. The number of fused-ring (bicyclic) bond motifs is 2. The van der Waals surface area contributed by atoms with Gasteiger partial charge in [-0.05, 0) is 37.5 Å². The molecule has 2 atom stereocenters. The van der Waals surface area contributed by atoms with Gasteiger partial charge in [-0.1, -0.05) is 28.5 Å². The van der Waals surface area contributed by atoms with Crippen molar-refractivity contribution in [3.63, 3.8) is 0 Å². The third kappa shape index (κ3) is 4.81. The first-order valence-electron chi connectivity index (χ1n) is 12.3. The lowest BCUT2D eigenvalue weighted by Crippen LogP contribution is -2.57. The molecule has 35 heavy (non-hydrogen) atoms. The number of pyridine rings is 1. The summed E-state index contributed by atoms with van der Waals surface area (Å²) in [6, 6.07) is 14.5. The number of rotatable bonds is 7. The Balaban J connectivity index is 0.980. The predicted octanol–water partition coefficient (Wildman–Crippen LogP) is 4.11. The lowest BCUT2D eigenvalue weighted by atomic mass is 9.91. The maximum absolute atomic E-state index is 6.06. The van der Waals surface area contributed by atoms with Gasteiger partial charge in [0.05, 0.1) is 17.7 Å². The zero-order valence-electron chi connectivity index (χ0n) is 19.9. The van der Waals surface area contributed by atoms with Gasteiger partial charge < -0.3 is 24.0 Å². The molecule has 1 N–H and O–H groups in total. The largest absolute Gasteiger partial charge is 0.477 e. The molecule has 3 aromatic heterocycles. The summed E-state index contributed by atoms with van der Waals surface area (Å²) in [6.07, 6.45) is 4.17. The average Bonchev–Trinajstić information content (AvgIpc) is 3.52. The fraction of sp³-hybridized carbons (Fsp3) is 0.423. The second kappa shape index (κ2) is 9.58. The molecule has 5 heterocycles. The third-order valence-corrected chi connectivity index (χ3v) is 7.02. The normalized spacial score (nSPS) is 20.7. The highest BCUT2D eigenvalue weighted by atomic mass is 16.5. The van der Waals surface area contributed by atoms with Crippen molar-refractivity contribution in [2.45, 2.75) is 32.4 Å². The van der Waals surface area contributed by atoms with E-state index >= 15 is 0 Å². The number of benzene rings is 1. The number of nitrogens with one attached hydrogen (secondary N) is 1. The minimum absolute atomic E-state index is 0.517. The molecule has 0 aliphatic carbocycles. The van der Waals surface area contributed by atoms with E-state index in [-0.39, 0.29) is 0 Å². The first-order valence-corrected chi connectivity index (χ1v) is 12.3. The van der Waals surface area contributed by atoms with Gasteiger partial charge in [-0.2, -0.15) is 0 Å². The molecule has 0 spiro atoms. The van der Waals surface area contributed by atoms with E-state index in [1.807, 2.05) is 49.5 Å². The van der Waals surface area contributed by atoms with E-state index in [0.29, 0.717) is 36.9 Å². The minimum atomic E-state index is 0.517. The molecular formula is C26H30N6O3. The Morgan fingerprint density at radius 1 is 1.06 bits per heavy atom. The molecule has 0 bridgehead atoms. The van der Waals surface area contributed by atoms with Crippen molar-refractivity contribution in [1.29, 1.82) is 0 Å². The zero-order valence-corrected chi connectivity index (χ0v) is 19.9. The maximum atomic E-state index is 6.06. The number of ether oxygens (including phenoxy) is 1. The molecule has 2 aliphatic heterocycles. The summed E-state index contributed by atoms with van der Waals surface area (Å²) in [5, 5.41) is 12.5. The Hall–Kier alpha value is -3.59. The molecular weight excluding hydrogens is 444 g/mol. The number of hydrogen-bond donors (Lipinski definition) is 1. The van der Waals surface area contributed by atoms with E-state index in [2.05, 4.69) is 36.5 Å². The molecule has 9 heteroatoms. The summed E-state index contributed by atoms with van der Waals surface area (Å²) in [4.78, 5) is 9.48. The van der Waals surface area contributed by atoms with Crippen molar-refractivity contribution in [1.82, 2.24) is 20.2 Å². The number of piperazine rings is 1. The molecule has 4 aromatic rings. The fourth-order valence-corrected chi connectivity index (χ4v) is 5.13. The zero-order chi connectivity index (χ0) is 23.6. The summed E-state index contributed by atoms with van der Waals surface area (Å²) in [5.41, 5.74) is 2.77. The van der Waals surface area contributed by atoms with Gasteiger partial charge in [0.1, 0.15) is 0 Å². The Morgan fingerprint density at radius 3 is 2.86 bits per heavy atom. The Kier molecular flexibility index (Phi) is 5.99. The molecule has 1 aromatic carbocycles. The highest BCUT2D eigenvalue weighted by Crippen LogP contribution is 2.31. The topological polar surface area (TPSA) is 92.7 Å². The average molecular weight is 475 g/mol. The number of hydrogen-bond acceptors (Lipinski definition) is 9. The summed E-state index contributed by atoms with van der Waals surface area (Å²) < 4.78 is 16.8.